The van der Waals surface area contributed by atoms with Crippen molar-refractivity contribution in [1.82, 2.24) is 24.2 Å². The third-order valence-electron chi connectivity index (χ3n) is 4.92. The Kier molecular flexibility index (Phi) is 6.24. The Hall–Kier alpha value is -2.67. The zero-order valence-corrected chi connectivity index (χ0v) is 16.0. The van der Waals surface area contributed by atoms with Gasteiger partial charge in [0, 0.05) is 31.9 Å². The summed E-state index contributed by atoms with van der Waals surface area (Å²) in [7, 11) is 0. The fourth-order valence-corrected chi connectivity index (χ4v) is 3.36. The largest absolute Gasteiger partial charge is 0.356 e. The van der Waals surface area contributed by atoms with E-state index in [9.17, 15) is 9.59 Å². The molecule has 3 aromatic heterocycles. The maximum Gasteiger partial charge on any atom is 0.276 e. The summed E-state index contributed by atoms with van der Waals surface area (Å²) in [6.07, 6.45) is 4.70. The first-order chi connectivity index (χ1) is 13.2. The van der Waals surface area contributed by atoms with E-state index in [4.69, 9.17) is 0 Å². The summed E-state index contributed by atoms with van der Waals surface area (Å²) in [5.74, 6) is -0.0409. The molecule has 7 heteroatoms. The van der Waals surface area contributed by atoms with E-state index in [2.05, 4.69) is 29.0 Å². The van der Waals surface area contributed by atoms with E-state index in [1.807, 2.05) is 28.8 Å². The number of rotatable bonds is 9. The van der Waals surface area contributed by atoms with Crippen LogP contribution >= 0.6 is 0 Å². The van der Waals surface area contributed by atoms with Gasteiger partial charge in [0.05, 0.1) is 5.52 Å². The number of aromatic nitrogens is 3. The normalized spacial score (nSPS) is 11.5. The lowest BCUT2D eigenvalue weighted by molar-refractivity contribution is -0.121. The van der Waals surface area contributed by atoms with Gasteiger partial charge in [-0.25, -0.2) is 4.98 Å². The predicted molar refractivity (Wildman–Crippen MR) is 107 cm³/mol. The molecule has 0 aliphatic heterocycles. The molecule has 0 spiro atoms. The first-order valence-electron chi connectivity index (χ1n) is 9.59. The average Bonchev–Trinajstić information content (AvgIpc) is 3.18. The fraction of sp³-hybridized carbons (Fsp3) is 0.450. The number of nitrogens with zero attached hydrogens (tertiary/aromatic N) is 4. The maximum atomic E-state index is 12.8. The van der Waals surface area contributed by atoms with E-state index < -0.39 is 0 Å². The first kappa shape index (κ1) is 19.1. The summed E-state index contributed by atoms with van der Waals surface area (Å²) in [6.45, 7) is 8.27. The van der Waals surface area contributed by atoms with E-state index >= 15 is 0 Å². The minimum atomic E-state index is -0.125. The second kappa shape index (κ2) is 8.81. The van der Waals surface area contributed by atoms with Crippen LogP contribution in [0.5, 0.6) is 0 Å². The summed E-state index contributed by atoms with van der Waals surface area (Å²) < 4.78 is 3.44. The number of carbonyl (C=O) groups excluding carboxylic acids is 1. The van der Waals surface area contributed by atoms with Crippen molar-refractivity contribution in [3.05, 3.63) is 47.0 Å². The highest BCUT2D eigenvalue weighted by atomic mass is 16.2. The lowest BCUT2D eigenvalue weighted by Crippen LogP contribution is -2.31. The van der Waals surface area contributed by atoms with Crippen LogP contribution in [-0.2, 0) is 11.3 Å². The molecule has 0 aliphatic rings. The maximum absolute atomic E-state index is 12.8. The smallest absolute Gasteiger partial charge is 0.276 e. The Morgan fingerprint density at radius 2 is 1.96 bits per heavy atom. The first-order valence-corrected chi connectivity index (χ1v) is 9.59. The van der Waals surface area contributed by atoms with Crippen molar-refractivity contribution in [2.75, 3.05) is 26.2 Å². The van der Waals surface area contributed by atoms with E-state index in [1.165, 1.54) is 0 Å². The zero-order valence-electron chi connectivity index (χ0n) is 16.0. The minimum absolute atomic E-state index is 0.0409. The van der Waals surface area contributed by atoms with E-state index in [0.717, 1.165) is 31.6 Å². The van der Waals surface area contributed by atoms with Gasteiger partial charge in [-0.15, -0.1) is 0 Å². The summed E-state index contributed by atoms with van der Waals surface area (Å²) >= 11 is 0. The van der Waals surface area contributed by atoms with Crippen LogP contribution in [0.2, 0.25) is 0 Å². The Morgan fingerprint density at radius 1 is 1.19 bits per heavy atom. The molecule has 0 bridgehead atoms. The van der Waals surface area contributed by atoms with Crippen molar-refractivity contribution in [2.24, 2.45) is 0 Å². The number of aryl methyl sites for hydroxylation is 1. The van der Waals surface area contributed by atoms with Crippen LogP contribution < -0.4 is 10.9 Å². The molecule has 3 aromatic rings. The molecule has 0 aliphatic carbocycles. The molecule has 0 unspecified atom stereocenters. The summed E-state index contributed by atoms with van der Waals surface area (Å²) in [5, 5.41) is 2.95. The van der Waals surface area contributed by atoms with Gasteiger partial charge >= 0.3 is 0 Å². The van der Waals surface area contributed by atoms with Crippen LogP contribution in [0.25, 0.3) is 16.7 Å². The van der Waals surface area contributed by atoms with Gasteiger partial charge in [0.25, 0.3) is 5.56 Å². The average molecular weight is 369 g/mol. The molecule has 7 nitrogen and oxygen atoms in total. The second-order valence-corrected chi connectivity index (χ2v) is 6.55. The third kappa shape index (κ3) is 4.19. The molecule has 0 aromatic carbocycles. The molecule has 3 rings (SSSR count). The molecule has 1 N–H and O–H groups in total. The summed E-state index contributed by atoms with van der Waals surface area (Å²) in [6, 6.07) is 7.41. The van der Waals surface area contributed by atoms with Gasteiger partial charge in [-0.3, -0.25) is 14.2 Å². The predicted octanol–water partition coefficient (Wildman–Crippen LogP) is 1.89. The molecule has 0 fully saturated rings. The molecule has 27 heavy (non-hydrogen) atoms. The summed E-state index contributed by atoms with van der Waals surface area (Å²) in [5.41, 5.74) is 1.92. The van der Waals surface area contributed by atoms with Crippen LogP contribution in [-0.4, -0.2) is 50.9 Å². The Labute approximate surface area is 158 Å². The zero-order chi connectivity index (χ0) is 19.2. The molecular weight excluding hydrogens is 342 g/mol. The molecule has 0 saturated heterocycles. The number of hydrogen-bond acceptors (Lipinski definition) is 4. The lowest BCUT2D eigenvalue weighted by atomic mass is 10.3. The van der Waals surface area contributed by atoms with Crippen molar-refractivity contribution >= 4 is 22.6 Å². The SMILES string of the molecule is CCN(CC)CCCNC(=O)CCn1c(=O)c2cccn2c2cccnc21. The van der Waals surface area contributed by atoms with E-state index in [0.29, 0.717) is 24.3 Å². The molecule has 0 saturated carbocycles. The Bertz CT molecular complexity index is 971. The highest BCUT2D eigenvalue weighted by Crippen LogP contribution is 2.13. The topological polar surface area (TPSA) is 71.6 Å². The van der Waals surface area contributed by atoms with Crippen molar-refractivity contribution in [2.45, 2.75) is 33.2 Å². The standard InChI is InChI=1S/C20H27N5O2/c1-3-23(4-2)13-7-12-21-18(26)10-15-25-19-16(8-5-11-22-19)24-14-6-9-17(24)20(25)27/h5-6,8-9,11,14H,3-4,7,10,12-13,15H2,1-2H3,(H,21,26). The van der Waals surface area contributed by atoms with Crippen molar-refractivity contribution < 1.29 is 4.79 Å². The van der Waals surface area contributed by atoms with Crippen LogP contribution in [0.1, 0.15) is 26.7 Å². The Balaban J connectivity index is 1.65. The van der Waals surface area contributed by atoms with Gasteiger partial charge < -0.3 is 14.6 Å². The van der Waals surface area contributed by atoms with Crippen molar-refractivity contribution in [3.63, 3.8) is 0 Å². The lowest BCUT2D eigenvalue weighted by Gasteiger charge is -2.17. The second-order valence-electron chi connectivity index (χ2n) is 6.55. The molecule has 144 valence electrons. The molecule has 0 radical (unpaired) electrons. The van der Waals surface area contributed by atoms with Gasteiger partial charge in [0.15, 0.2) is 5.65 Å². The number of pyridine rings is 1. The summed E-state index contributed by atoms with van der Waals surface area (Å²) in [4.78, 5) is 31.7. The molecule has 0 atom stereocenters. The molecule has 3 heterocycles. The van der Waals surface area contributed by atoms with Gasteiger partial charge in [0.1, 0.15) is 5.52 Å². The van der Waals surface area contributed by atoms with Gasteiger partial charge in [-0.1, -0.05) is 13.8 Å². The van der Waals surface area contributed by atoms with Crippen molar-refractivity contribution in [1.29, 1.82) is 0 Å². The highest BCUT2D eigenvalue weighted by Gasteiger charge is 2.12. The van der Waals surface area contributed by atoms with Crippen LogP contribution in [0.3, 0.4) is 0 Å². The van der Waals surface area contributed by atoms with Crippen LogP contribution in [0.4, 0.5) is 0 Å². The monoisotopic (exact) mass is 369 g/mol. The van der Waals surface area contributed by atoms with E-state index in [1.54, 1.807) is 16.8 Å². The Morgan fingerprint density at radius 3 is 2.74 bits per heavy atom. The third-order valence-corrected chi connectivity index (χ3v) is 4.92. The van der Waals surface area contributed by atoms with Crippen LogP contribution in [0.15, 0.2) is 41.5 Å². The molecule has 1 amide bonds. The number of nitrogens with one attached hydrogen (secondary N) is 1. The number of hydrogen-bond donors (Lipinski definition) is 1. The van der Waals surface area contributed by atoms with Gasteiger partial charge in [-0.2, -0.15) is 0 Å². The number of fused-ring (bicyclic) bond motifs is 3. The fourth-order valence-electron chi connectivity index (χ4n) is 3.36. The van der Waals surface area contributed by atoms with Gasteiger partial charge in [0.2, 0.25) is 5.91 Å². The minimum Gasteiger partial charge on any atom is -0.356 e. The number of amides is 1. The van der Waals surface area contributed by atoms with Gasteiger partial charge in [-0.05, 0) is 50.3 Å². The van der Waals surface area contributed by atoms with E-state index in [-0.39, 0.29) is 17.9 Å². The van der Waals surface area contributed by atoms with Crippen LogP contribution in [0, 0.1) is 0 Å². The van der Waals surface area contributed by atoms with Crippen molar-refractivity contribution in [3.8, 4) is 0 Å². The molecular formula is C20H27N5O2. The number of carbonyl (C=O) groups is 1. The highest BCUT2D eigenvalue weighted by molar-refractivity contribution is 5.77. The quantitative estimate of drug-likeness (QED) is 0.585.